The molecule has 0 spiro atoms. The Morgan fingerprint density at radius 2 is 2.22 bits per heavy atom. The van der Waals surface area contributed by atoms with Gasteiger partial charge < -0.3 is 15.6 Å². The van der Waals surface area contributed by atoms with Crippen LogP contribution in [0, 0.1) is 0 Å². The quantitative estimate of drug-likeness (QED) is 0.648. The average molecular weight is 339 g/mol. The number of anilines is 1. The van der Waals surface area contributed by atoms with E-state index >= 15 is 0 Å². The molecule has 0 saturated carbocycles. The molecule has 0 bridgehead atoms. The predicted molar refractivity (Wildman–Crippen MR) is 71.6 cm³/mol. The number of hydrogen-bond donors (Lipinski definition) is 3. The number of aliphatic hydroxyl groups is 1. The van der Waals surface area contributed by atoms with E-state index in [4.69, 9.17) is 15.6 Å². The number of aliphatic hydroxyl groups excluding tert-OH is 1. The molecule has 0 aliphatic heterocycles. The van der Waals surface area contributed by atoms with E-state index < -0.39 is 16.1 Å². The molecule has 0 aromatic heterocycles. The van der Waals surface area contributed by atoms with E-state index in [9.17, 15) is 8.42 Å². The fourth-order valence-corrected chi connectivity index (χ4v) is 3.23. The number of nitrogens with two attached hydrogens (primary N) is 1. The maximum atomic E-state index is 12.1. The van der Waals surface area contributed by atoms with Crippen molar-refractivity contribution in [2.75, 3.05) is 26.1 Å². The standard InChI is InChI=1S/C10H15BrN2O4S/c1-17-6-8(5-14)13-18(15,16)10-4-7(11)2-3-9(10)12/h2-4,8,13-14H,5-6,12H2,1H3. The van der Waals surface area contributed by atoms with E-state index in [0.717, 1.165) is 0 Å². The van der Waals surface area contributed by atoms with E-state index in [2.05, 4.69) is 20.7 Å². The fourth-order valence-electron chi connectivity index (χ4n) is 1.35. The molecular weight excluding hydrogens is 324 g/mol. The first-order valence-corrected chi connectivity index (χ1v) is 7.35. The average Bonchev–Trinajstić information content (AvgIpc) is 2.31. The van der Waals surface area contributed by atoms with Crippen LogP contribution in [0.15, 0.2) is 27.6 Å². The summed E-state index contributed by atoms with van der Waals surface area (Å²) >= 11 is 3.18. The minimum atomic E-state index is -3.79. The van der Waals surface area contributed by atoms with Crippen LogP contribution in [-0.4, -0.2) is 39.9 Å². The Labute approximate surface area is 114 Å². The largest absolute Gasteiger partial charge is 0.398 e. The lowest BCUT2D eigenvalue weighted by Gasteiger charge is -2.16. The van der Waals surface area contributed by atoms with Crippen molar-refractivity contribution in [3.8, 4) is 0 Å². The maximum absolute atomic E-state index is 12.1. The van der Waals surface area contributed by atoms with Crippen molar-refractivity contribution >= 4 is 31.6 Å². The number of nitrogen functional groups attached to an aromatic ring is 1. The third kappa shape index (κ3) is 3.92. The second kappa shape index (κ2) is 6.48. The molecule has 8 heteroatoms. The minimum Gasteiger partial charge on any atom is -0.398 e. The Morgan fingerprint density at radius 3 is 2.78 bits per heavy atom. The van der Waals surface area contributed by atoms with Gasteiger partial charge in [0.2, 0.25) is 10.0 Å². The molecule has 1 aromatic carbocycles. The van der Waals surface area contributed by atoms with Gasteiger partial charge in [-0.3, -0.25) is 0 Å². The van der Waals surface area contributed by atoms with Crippen LogP contribution >= 0.6 is 15.9 Å². The normalized spacial score (nSPS) is 13.5. The lowest BCUT2D eigenvalue weighted by molar-refractivity contribution is 0.139. The Kier molecular flexibility index (Phi) is 5.54. The fraction of sp³-hybridized carbons (Fsp3) is 0.400. The Morgan fingerprint density at radius 1 is 1.56 bits per heavy atom. The summed E-state index contributed by atoms with van der Waals surface area (Å²) in [5.41, 5.74) is 5.77. The van der Waals surface area contributed by atoms with Crippen molar-refractivity contribution in [1.82, 2.24) is 4.72 Å². The third-order valence-corrected chi connectivity index (χ3v) is 4.24. The van der Waals surface area contributed by atoms with E-state index in [-0.39, 0.29) is 23.8 Å². The highest BCUT2D eigenvalue weighted by molar-refractivity contribution is 9.10. The molecule has 0 radical (unpaired) electrons. The van der Waals surface area contributed by atoms with Crippen molar-refractivity contribution in [2.45, 2.75) is 10.9 Å². The molecule has 0 aliphatic rings. The molecule has 4 N–H and O–H groups in total. The van der Waals surface area contributed by atoms with Crippen LogP contribution in [0.1, 0.15) is 0 Å². The molecule has 0 fully saturated rings. The van der Waals surface area contributed by atoms with Crippen molar-refractivity contribution in [3.05, 3.63) is 22.7 Å². The highest BCUT2D eigenvalue weighted by Crippen LogP contribution is 2.22. The van der Waals surface area contributed by atoms with E-state index in [1.165, 1.54) is 19.2 Å². The smallest absolute Gasteiger partial charge is 0.243 e. The lowest BCUT2D eigenvalue weighted by atomic mass is 10.3. The summed E-state index contributed by atoms with van der Waals surface area (Å²) in [6.07, 6.45) is 0. The number of benzene rings is 1. The molecule has 0 saturated heterocycles. The summed E-state index contributed by atoms with van der Waals surface area (Å²) < 4.78 is 31.9. The number of halogens is 1. The zero-order chi connectivity index (χ0) is 13.8. The van der Waals surface area contributed by atoms with Gasteiger partial charge in [-0.05, 0) is 18.2 Å². The summed E-state index contributed by atoms with van der Waals surface area (Å²) in [7, 11) is -2.37. The SMILES string of the molecule is COCC(CO)NS(=O)(=O)c1cc(Br)ccc1N. The monoisotopic (exact) mass is 338 g/mol. The van der Waals surface area contributed by atoms with E-state index in [0.29, 0.717) is 4.47 Å². The van der Waals surface area contributed by atoms with Gasteiger partial charge in [0.05, 0.1) is 24.9 Å². The number of rotatable bonds is 6. The van der Waals surface area contributed by atoms with Gasteiger partial charge in [-0.15, -0.1) is 0 Å². The molecule has 1 atom stereocenters. The van der Waals surface area contributed by atoms with Gasteiger partial charge in [0.15, 0.2) is 0 Å². The van der Waals surface area contributed by atoms with Gasteiger partial charge >= 0.3 is 0 Å². The van der Waals surface area contributed by atoms with Gasteiger partial charge in [-0.25, -0.2) is 13.1 Å². The Hall–Kier alpha value is -0.670. The van der Waals surface area contributed by atoms with E-state index in [1.54, 1.807) is 6.07 Å². The van der Waals surface area contributed by atoms with Crippen molar-refractivity contribution in [2.24, 2.45) is 0 Å². The summed E-state index contributed by atoms with van der Waals surface area (Å²) in [6.45, 7) is -0.287. The molecular formula is C10H15BrN2O4S. The zero-order valence-corrected chi connectivity index (χ0v) is 12.2. The van der Waals surface area contributed by atoms with Crippen LogP contribution in [0.5, 0.6) is 0 Å². The van der Waals surface area contributed by atoms with Gasteiger partial charge in [0, 0.05) is 11.6 Å². The molecule has 1 unspecified atom stereocenters. The van der Waals surface area contributed by atoms with Crippen LogP contribution in [0.2, 0.25) is 0 Å². The summed E-state index contributed by atoms with van der Waals surface area (Å²) in [4.78, 5) is -0.0357. The molecule has 0 aliphatic carbocycles. The van der Waals surface area contributed by atoms with Crippen LogP contribution in [0.4, 0.5) is 5.69 Å². The molecule has 102 valence electrons. The van der Waals surface area contributed by atoms with Crippen LogP contribution in [-0.2, 0) is 14.8 Å². The van der Waals surface area contributed by atoms with Gasteiger partial charge in [0.25, 0.3) is 0 Å². The summed E-state index contributed by atoms with van der Waals surface area (Å²) in [6, 6.07) is 3.83. The minimum absolute atomic E-state index is 0.0357. The lowest BCUT2D eigenvalue weighted by Crippen LogP contribution is -2.40. The van der Waals surface area contributed by atoms with E-state index in [1.807, 2.05) is 0 Å². The Balaban J connectivity index is 3.02. The van der Waals surface area contributed by atoms with Crippen molar-refractivity contribution in [1.29, 1.82) is 0 Å². The zero-order valence-electron chi connectivity index (χ0n) is 9.76. The maximum Gasteiger partial charge on any atom is 0.243 e. The first-order chi connectivity index (χ1) is 8.40. The molecule has 0 heterocycles. The predicted octanol–water partition coefficient (Wildman–Crippen LogP) is 0.317. The summed E-state index contributed by atoms with van der Waals surface area (Å²) in [5, 5.41) is 9.04. The number of nitrogens with one attached hydrogen (secondary N) is 1. The van der Waals surface area contributed by atoms with Gasteiger partial charge in [-0.1, -0.05) is 15.9 Å². The highest BCUT2D eigenvalue weighted by atomic mass is 79.9. The van der Waals surface area contributed by atoms with Crippen LogP contribution < -0.4 is 10.5 Å². The van der Waals surface area contributed by atoms with Crippen LogP contribution in [0.3, 0.4) is 0 Å². The van der Waals surface area contributed by atoms with Gasteiger partial charge in [-0.2, -0.15) is 0 Å². The first-order valence-electron chi connectivity index (χ1n) is 5.08. The number of ether oxygens (including phenoxy) is 1. The van der Waals surface area contributed by atoms with Crippen molar-refractivity contribution in [3.63, 3.8) is 0 Å². The molecule has 0 amide bonds. The molecule has 1 aromatic rings. The number of sulfonamides is 1. The van der Waals surface area contributed by atoms with Crippen molar-refractivity contribution < 1.29 is 18.3 Å². The summed E-state index contributed by atoms with van der Waals surface area (Å²) in [5.74, 6) is 0. The highest BCUT2D eigenvalue weighted by Gasteiger charge is 2.22. The molecule has 1 rings (SSSR count). The molecule has 18 heavy (non-hydrogen) atoms. The van der Waals surface area contributed by atoms with Gasteiger partial charge in [0.1, 0.15) is 4.90 Å². The third-order valence-electron chi connectivity index (χ3n) is 2.18. The second-order valence-corrected chi connectivity index (χ2v) is 6.24. The van der Waals surface area contributed by atoms with Crippen LogP contribution in [0.25, 0.3) is 0 Å². The Bertz CT molecular complexity index is 507. The molecule has 6 nitrogen and oxygen atoms in total. The number of hydrogen-bond acceptors (Lipinski definition) is 5. The second-order valence-electron chi connectivity index (χ2n) is 3.64. The number of methoxy groups -OCH3 is 1. The first kappa shape index (κ1) is 15.4. The topological polar surface area (TPSA) is 102 Å².